The van der Waals surface area contributed by atoms with E-state index in [2.05, 4.69) is 11.1 Å². The summed E-state index contributed by atoms with van der Waals surface area (Å²) in [5, 5.41) is 0. The molecule has 1 heterocycles. The van der Waals surface area contributed by atoms with Crippen molar-refractivity contribution < 1.29 is 21.1 Å². The van der Waals surface area contributed by atoms with Crippen molar-refractivity contribution in [2.75, 3.05) is 5.73 Å². The summed E-state index contributed by atoms with van der Waals surface area (Å²) in [5.74, 6) is 0. The molecule has 0 aliphatic rings. The van der Waals surface area contributed by atoms with Crippen molar-refractivity contribution in [3.05, 3.63) is 63.5 Å². The van der Waals surface area contributed by atoms with Gasteiger partial charge in [0.25, 0.3) is 0 Å². The van der Waals surface area contributed by atoms with Crippen molar-refractivity contribution in [2.45, 2.75) is 50.0 Å². The van der Waals surface area contributed by atoms with Crippen LogP contribution in [0.1, 0.15) is 50.0 Å². The van der Waals surface area contributed by atoms with Gasteiger partial charge in [-0.1, -0.05) is 50.0 Å². The van der Waals surface area contributed by atoms with E-state index in [1.807, 2.05) is 64.1 Å². The molecule has 0 fully saturated rings. The van der Waals surface area contributed by atoms with E-state index in [1.54, 1.807) is 6.20 Å². The molecule has 0 spiro atoms. The Morgan fingerprint density at radius 2 is 1.39 bits per heavy atom. The van der Waals surface area contributed by atoms with Crippen molar-refractivity contribution in [3.8, 4) is 11.3 Å². The largest absolute Gasteiger partial charge is 0.405 e. The zero-order valence-corrected chi connectivity index (χ0v) is 15.7. The predicted octanol–water partition coefficient (Wildman–Crippen LogP) is 6.99. The van der Waals surface area contributed by atoms with Crippen molar-refractivity contribution in [1.82, 2.24) is 4.98 Å². The topological polar surface area (TPSA) is 38.9 Å². The Morgan fingerprint density at radius 3 is 1.78 bits per heavy atom. The molecule has 0 aliphatic heterocycles. The second kappa shape index (κ2) is 28.9. The van der Waals surface area contributed by atoms with E-state index in [9.17, 15) is 0 Å². The number of aromatic nitrogens is 1. The Hall–Kier alpha value is -1.14. The molecule has 0 saturated carbocycles. The molecule has 0 saturated heterocycles. The Morgan fingerprint density at radius 1 is 0.870 bits per heavy atom. The van der Waals surface area contributed by atoms with E-state index in [1.165, 1.54) is 0 Å². The van der Waals surface area contributed by atoms with Crippen LogP contribution >= 0.6 is 0 Å². The quantitative estimate of drug-likeness (QED) is 0.427. The third-order valence-electron chi connectivity index (χ3n) is 1.80. The summed E-state index contributed by atoms with van der Waals surface area (Å²) in [4.78, 5) is 4.19. The van der Waals surface area contributed by atoms with Gasteiger partial charge in [0.2, 0.25) is 0 Å². The van der Waals surface area contributed by atoms with Crippen molar-refractivity contribution >= 4 is 5.69 Å². The Kier molecular flexibility index (Phi) is 54.2. The zero-order chi connectivity index (χ0) is 13.1. The first-order chi connectivity index (χ1) is 8.38. The van der Waals surface area contributed by atoms with Gasteiger partial charge in [-0.3, -0.25) is 0 Å². The van der Waals surface area contributed by atoms with Crippen molar-refractivity contribution in [1.29, 1.82) is 0 Å². The van der Waals surface area contributed by atoms with E-state index in [4.69, 9.17) is 5.73 Å². The first kappa shape index (κ1) is 43.1. The first-order valence-corrected chi connectivity index (χ1v) is 6.05. The van der Waals surface area contributed by atoms with E-state index in [0.717, 1.165) is 11.3 Å². The van der Waals surface area contributed by atoms with Crippen LogP contribution in [0.5, 0.6) is 0 Å². The molecule has 2 rings (SSSR count). The number of hydrogen-bond donors (Lipinski definition) is 1. The summed E-state index contributed by atoms with van der Waals surface area (Å²) in [6.45, 7) is 8.00. The van der Waals surface area contributed by atoms with E-state index >= 15 is 0 Å². The van der Waals surface area contributed by atoms with Gasteiger partial charge < -0.3 is 25.6 Å². The summed E-state index contributed by atoms with van der Waals surface area (Å²) in [6.07, 6.45) is 1.73. The number of benzene rings is 1. The molecule has 0 bridgehead atoms. The van der Waals surface area contributed by atoms with Gasteiger partial charge in [-0.25, -0.2) is 0 Å². The molecule has 0 amide bonds. The number of nitrogens with two attached hydrogens (primary N) is 1. The summed E-state index contributed by atoms with van der Waals surface area (Å²) in [7, 11) is 0. The molecule has 1 aromatic carbocycles. The number of anilines is 1. The van der Waals surface area contributed by atoms with Crippen LogP contribution < -0.4 is 5.73 Å². The molecule has 0 atom stereocenters. The van der Waals surface area contributed by atoms with E-state index in [-0.39, 0.29) is 58.2 Å². The standard InChI is InChI=1S/C11H9N2.2C2H6.3CH4.2CH3.Pt/c12-10-7-4-8-13-11(10)9-5-2-1-3-6-9;2*1-2;;;;;;/h1-5,7-8H,12H2;2*1-2H3;3*1H4;2*1H3;/q-1;;;;;;2*-1;. The summed E-state index contributed by atoms with van der Waals surface area (Å²) >= 11 is 0. The third-order valence-corrected chi connectivity index (χ3v) is 1.80. The fourth-order valence-electron chi connectivity index (χ4n) is 1.18. The third kappa shape index (κ3) is 15.5. The molecule has 1 aromatic heterocycles. The number of pyridine rings is 1. The zero-order valence-electron chi connectivity index (χ0n) is 13.4. The number of rotatable bonds is 1. The molecule has 0 unspecified atom stereocenters. The maximum Gasteiger partial charge on any atom is 0.0162 e. The van der Waals surface area contributed by atoms with Crippen LogP contribution in [0.3, 0.4) is 0 Å². The second-order valence-electron chi connectivity index (χ2n) is 2.72. The van der Waals surface area contributed by atoms with Gasteiger partial charge in [0.1, 0.15) is 0 Å². The Balaban J connectivity index is -0.0000000478. The predicted molar refractivity (Wildman–Crippen MR) is 109 cm³/mol. The van der Waals surface area contributed by atoms with E-state index in [0.29, 0.717) is 5.69 Å². The molecule has 2 aromatic rings. The van der Waals surface area contributed by atoms with Crippen LogP contribution in [0.15, 0.2) is 42.6 Å². The molecule has 0 aliphatic carbocycles. The molecule has 3 heteroatoms. The molecule has 23 heavy (non-hydrogen) atoms. The smallest absolute Gasteiger partial charge is 0.0162 e. The minimum absolute atomic E-state index is 0. The fourth-order valence-corrected chi connectivity index (χ4v) is 1.18. The molecule has 142 valence electrons. The summed E-state index contributed by atoms with van der Waals surface area (Å²) in [5.41, 5.74) is 8.18. The molecule has 0 radical (unpaired) electrons. The normalized spacial score (nSPS) is 6.09. The summed E-state index contributed by atoms with van der Waals surface area (Å²) in [6, 6.07) is 14.4. The minimum atomic E-state index is 0. The van der Waals surface area contributed by atoms with Gasteiger partial charge in [0.15, 0.2) is 0 Å². The average Bonchev–Trinajstić information content (AvgIpc) is 2.45. The SMILES string of the molecule is C.C.C.CC.CC.Nc1cccnc1-c1[c-]cccc1.[CH3-].[CH3-].[Pt]. The van der Waals surface area contributed by atoms with Gasteiger partial charge in [-0.2, -0.15) is 0 Å². The van der Waals surface area contributed by atoms with Crippen molar-refractivity contribution in [2.24, 2.45) is 0 Å². The van der Waals surface area contributed by atoms with Crippen LogP contribution in [-0.4, -0.2) is 4.98 Å². The minimum Gasteiger partial charge on any atom is -0.405 e. The van der Waals surface area contributed by atoms with Gasteiger partial charge in [0.05, 0.1) is 0 Å². The Bertz CT molecular complexity index is 403. The van der Waals surface area contributed by atoms with Crippen LogP contribution in [-0.2, 0) is 21.1 Å². The van der Waals surface area contributed by atoms with Crippen LogP contribution in [0.25, 0.3) is 11.3 Å². The fraction of sp³-hybridized carbons (Fsp3) is 0.350. The van der Waals surface area contributed by atoms with Crippen LogP contribution in [0.2, 0.25) is 0 Å². The van der Waals surface area contributed by atoms with Gasteiger partial charge in [-0.15, -0.1) is 35.9 Å². The Labute approximate surface area is 162 Å². The number of hydrogen-bond acceptors (Lipinski definition) is 2. The van der Waals surface area contributed by atoms with Crippen molar-refractivity contribution in [3.63, 3.8) is 0 Å². The van der Waals surface area contributed by atoms with E-state index < -0.39 is 0 Å². The summed E-state index contributed by atoms with van der Waals surface area (Å²) < 4.78 is 0. The van der Waals surface area contributed by atoms with Gasteiger partial charge in [0, 0.05) is 38.6 Å². The molecule has 2 N–H and O–H groups in total. The average molecular weight is 503 g/mol. The molecular weight excluding hydrogens is 463 g/mol. The first-order valence-electron chi connectivity index (χ1n) is 6.05. The van der Waals surface area contributed by atoms with Gasteiger partial charge >= 0.3 is 0 Å². The number of nitrogens with zero attached hydrogens (tertiary/aromatic N) is 1. The maximum atomic E-state index is 5.77. The molecular formula is C20H39N2Pt-3. The van der Waals surface area contributed by atoms with Gasteiger partial charge in [-0.05, 0) is 12.1 Å². The second-order valence-corrected chi connectivity index (χ2v) is 2.72. The maximum absolute atomic E-state index is 5.77. The van der Waals surface area contributed by atoms with Crippen LogP contribution in [0, 0.1) is 20.9 Å². The molecule has 2 nitrogen and oxygen atoms in total. The number of nitrogen functional groups attached to an aromatic ring is 1. The van der Waals surface area contributed by atoms with Crippen LogP contribution in [0.4, 0.5) is 5.69 Å². The monoisotopic (exact) mass is 502 g/mol.